The molecule has 0 unspecified atom stereocenters. The third-order valence-electron chi connectivity index (χ3n) is 7.40. The molecule has 1 nitrogen and oxygen atoms in total. The van der Waals surface area contributed by atoms with Crippen LogP contribution in [0.5, 0.6) is 0 Å². The van der Waals surface area contributed by atoms with Gasteiger partial charge < -0.3 is 0 Å². The van der Waals surface area contributed by atoms with Crippen molar-refractivity contribution in [1.82, 2.24) is 0 Å². The Labute approximate surface area is 191 Å². The fourth-order valence-electron chi connectivity index (χ4n) is 5.89. The minimum Gasteiger partial charge on any atom is -0.188 e. The number of nitrogens with zero attached hydrogens (tertiary/aromatic N) is 1. The maximum atomic E-state index is 2.74. The first kappa shape index (κ1) is 19.5. The van der Waals surface area contributed by atoms with Crippen molar-refractivity contribution in [3.63, 3.8) is 0 Å². The van der Waals surface area contributed by atoms with E-state index in [2.05, 4.69) is 95.6 Å². The van der Waals surface area contributed by atoms with E-state index in [1.807, 2.05) is 0 Å². The minimum absolute atomic E-state index is 0.573. The van der Waals surface area contributed by atoms with Gasteiger partial charge in [0.05, 0.1) is 0 Å². The van der Waals surface area contributed by atoms with Gasteiger partial charge in [-0.2, -0.15) is 4.57 Å². The highest BCUT2D eigenvalue weighted by Crippen LogP contribution is 2.41. The van der Waals surface area contributed by atoms with Crippen molar-refractivity contribution in [3.05, 3.63) is 102 Å². The first-order valence-corrected chi connectivity index (χ1v) is 12.2. The van der Waals surface area contributed by atoms with Gasteiger partial charge in [-0.1, -0.05) is 73.2 Å². The smallest absolute Gasteiger partial charge is 0.188 e. The van der Waals surface area contributed by atoms with E-state index >= 15 is 0 Å². The van der Waals surface area contributed by atoms with Crippen LogP contribution in [-0.4, -0.2) is 0 Å². The summed E-state index contributed by atoms with van der Waals surface area (Å²) in [4.78, 5) is 0. The largest absolute Gasteiger partial charge is 0.217 e. The number of pyridine rings is 1. The van der Waals surface area contributed by atoms with E-state index in [9.17, 15) is 0 Å². The van der Waals surface area contributed by atoms with Gasteiger partial charge in [0.25, 0.3) is 0 Å². The highest BCUT2D eigenvalue weighted by Gasteiger charge is 2.36. The van der Waals surface area contributed by atoms with E-state index in [0.29, 0.717) is 6.04 Å². The van der Waals surface area contributed by atoms with Gasteiger partial charge in [-0.05, 0) is 60.6 Å². The Kier molecular flexibility index (Phi) is 5.11. The third kappa shape index (κ3) is 3.37. The quantitative estimate of drug-likeness (QED) is 0.303. The molecule has 1 aromatic heterocycles. The highest BCUT2D eigenvalue weighted by molar-refractivity contribution is 5.80. The summed E-state index contributed by atoms with van der Waals surface area (Å²) < 4.78 is 2.74. The number of hydrogen-bond donors (Lipinski definition) is 0. The van der Waals surface area contributed by atoms with Crippen molar-refractivity contribution in [1.29, 1.82) is 0 Å². The van der Waals surface area contributed by atoms with Gasteiger partial charge in [0.1, 0.15) is 0 Å². The average Bonchev–Trinajstić information content (AvgIpc) is 2.89. The zero-order valence-electron chi connectivity index (χ0n) is 18.6. The van der Waals surface area contributed by atoms with Crippen molar-refractivity contribution < 1.29 is 4.57 Å². The molecule has 1 heterocycles. The summed E-state index contributed by atoms with van der Waals surface area (Å²) in [5, 5.41) is 0. The monoisotopic (exact) mass is 416 g/mol. The van der Waals surface area contributed by atoms with Crippen molar-refractivity contribution >= 4 is 0 Å². The summed E-state index contributed by atoms with van der Waals surface area (Å²) in [7, 11) is 0. The molecule has 2 aliphatic carbocycles. The SMILES string of the molecule is c1ccc(-c2cc(-c3ccccc3)[n+](C3CCCCC3)c3c2CCc2ccccc2-3)cc1. The second-order valence-corrected chi connectivity index (χ2v) is 9.32. The molecular weight excluding hydrogens is 386 g/mol. The van der Waals surface area contributed by atoms with Gasteiger partial charge in [-0.15, -0.1) is 0 Å². The van der Waals surface area contributed by atoms with Crippen LogP contribution in [0, 0.1) is 0 Å². The fourth-order valence-corrected chi connectivity index (χ4v) is 5.89. The summed E-state index contributed by atoms with van der Waals surface area (Å²) in [5.74, 6) is 0. The highest BCUT2D eigenvalue weighted by atomic mass is 15.0. The minimum atomic E-state index is 0.573. The summed E-state index contributed by atoms with van der Waals surface area (Å²) in [6.07, 6.45) is 8.84. The Hall–Kier alpha value is -3.19. The molecule has 158 valence electrons. The Bertz CT molecular complexity index is 1230. The molecule has 1 saturated carbocycles. The van der Waals surface area contributed by atoms with Crippen LogP contribution >= 0.6 is 0 Å². The van der Waals surface area contributed by atoms with Gasteiger partial charge >= 0.3 is 0 Å². The number of aromatic nitrogens is 1. The number of hydrogen-bond acceptors (Lipinski definition) is 0. The van der Waals surface area contributed by atoms with Gasteiger partial charge in [-0.3, -0.25) is 0 Å². The second-order valence-electron chi connectivity index (χ2n) is 9.32. The molecule has 0 N–H and O–H groups in total. The van der Waals surface area contributed by atoms with E-state index in [-0.39, 0.29) is 0 Å². The van der Waals surface area contributed by atoms with E-state index in [0.717, 1.165) is 12.8 Å². The van der Waals surface area contributed by atoms with E-state index in [1.54, 1.807) is 0 Å². The summed E-state index contributed by atoms with van der Waals surface area (Å²) in [5.41, 5.74) is 11.4. The van der Waals surface area contributed by atoms with Gasteiger partial charge in [-0.25, -0.2) is 0 Å². The van der Waals surface area contributed by atoms with Crippen molar-refractivity contribution in [3.8, 4) is 33.6 Å². The molecule has 0 amide bonds. The molecular formula is C31H30N+. The Morgan fingerprint density at radius 2 is 1.25 bits per heavy atom. The number of benzene rings is 3. The second kappa shape index (κ2) is 8.39. The maximum Gasteiger partial charge on any atom is 0.217 e. The molecule has 0 atom stereocenters. The molecule has 1 fully saturated rings. The third-order valence-corrected chi connectivity index (χ3v) is 7.40. The molecule has 0 radical (unpaired) electrons. The van der Waals surface area contributed by atoms with Crippen LogP contribution in [0.4, 0.5) is 0 Å². The maximum absolute atomic E-state index is 2.74. The lowest BCUT2D eigenvalue weighted by Gasteiger charge is -2.27. The van der Waals surface area contributed by atoms with Crippen LogP contribution in [0.3, 0.4) is 0 Å². The number of aryl methyl sites for hydroxylation is 1. The number of rotatable bonds is 3. The zero-order chi connectivity index (χ0) is 21.3. The first-order chi connectivity index (χ1) is 15.9. The average molecular weight is 417 g/mol. The molecule has 32 heavy (non-hydrogen) atoms. The molecule has 0 aliphatic heterocycles. The topological polar surface area (TPSA) is 3.88 Å². The molecule has 3 aromatic carbocycles. The van der Waals surface area contributed by atoms with Crippen molar-refractivity contribution in [2.24, 2.45) is 0 Å². The van der Waals surface area contributed by atoms with Crippen LogP contribution in [0.15, 0.2) is 91.0 Å². The molecule has 4 aromatic rings. The lowest BCUT2D eigenvalue weighted by Crippen LogP contribution is -2.46. The standard InChI is InChI=1S/C31H30N/c1-4-12-23(13-5-1)29-22-30(25-15-6-2-7-16-25)32(26-17-8-3-9-18-26)31-27-19-11-10-14-24(27)20-21-28(29)31/h1-2,4-7,10-16,19,22,26H,3,8-9,17-18,20-21H2/q+1. The summed E-state index contributed by atoms with van der Waals surface area (Å²) in [6.45, 7) is 0. The van der Waals surface area contributed by atoms with Crippen LogP contribution in [0.1, 0.15) is 49.3 Å². The Morgan fingerprint density at radius 1 is 0.594 bits per heavy atom. The van der Waals surface area contributed by atoms with Gasteiger partial charge in [0, 0.05) is 35.6 Å². The van der Waals surface area contributed by atoms with Crippen LogP contribution in [0.2, 0.25) is 0 Å². The predicted molar refractivity (Wildman–Crippen MR) is 132 cm³/mol. The summed E-state index contributed by atoms with van der Waals surface area (Å²) in [6, 6.07) is 34.2. The zero-order valence-corrected chi connectivity index (χ0v) is 18.6. The molecule has 0 saturated heterocycles. The van der Waals surface area contributed by atoms with E-state index in [4.69, 9.17) is 0 Å². The van der Waals surface area contributed by atoms with Gasteiger partial charge in [0.15, 0.2) is 6.04 Å². The summed E-state index contributed by atoms with van der Waals surface area (Å²) >= 11 is 0. The lowest BCUT2D eigenvalue weighted by atomic mass is 9.82. The normalized spacial score (nSPS) is 15.8. The Balaban J connectivity index is 1.71. The van der Waals surface area contributed by atoms with Crippen LogP contribution in [0.25, 0.3) is 33.6 Å². The molecule has 0 spiro atoms. The van der Waals surface area contributed by atoms with E-state index in [1.165, 1.54) is 76.9 Å². The van der Waals surface area contributed by atoms with Gasteiger partial charge in [0.2, 0.25) is 11.4 Å². The predicted octanol–water partition coefficient (Wildman–Crippen LogP) is 7.58. The van der Waals surface area contributed by atoms with Crippen LogP contribution in [-0.2, 0) is 12.8 Å². The molecule has 1 heteroatoms. The molecule has 2 aliphatic rings. The van der Waals surface area contributed by atoms with E-state index < -0.39 is 0 Å². The molecule has 6 rings (SSSR count). The first-order valence-electron chi connectivity index (χ1n) is 12.2. The Morgan fingerprint density at radius 3 is 2.00 bits per heavy atom. The van der Waals surface area contributed by atoms with Crippen molar-refractivity contribution in [2.75, 3.05) is 0 Å². The lowest BCUT2D eigenvalue weighted by molar-refractivity contribution is -0.705. The molecule has 0 bridgehead atoms. The number of fused-ring (bicyclic) bond motifs is 3. The van der Waals surface area contributed by atoms with Crippen LogP contribution < -0.4 is 4.57 Å². The van der Waals surface area contributed by atoms with Crippen molar-refractivity contribution in [2.45, 2.75) is 51.0 Å². The fraction of sp³-hybridized carbons (Fsp3) is 0.258.